The van der Waals surface area contributed by atoms with Crippen molar-refractivity contribution in [2.45, 2.75) is 4.90 Å². The highest BCUT2D eigenvalue weighted by molar-refractivity contribution is 7.90. The maximum absolute atomic E-state index is 13.3. The van der Waals surface area contributed by atoms with Crippen LogP contribution < -0.4 is 14.8 Å². The summed E-state index contributed by atoms with van der Waals surface area (Å²) >= 11 is 0. The molecule has 1 N–H and O–H groups in total. The minimum atomic E-state index is -3.40. The average molecular weight is 463 g/mol. The second kappa shape index (κ2) is 8.91. The third-order valence-electron chi connectivity index (χ3n) is 5.16. The fraction of sp³-hybridized carbons (Fsp3) is 0.120. The quantitative estimate of drug-likeness (QED) is 0.451. The Bertz CT molecular complexity index is 1470. The molecule has 1 amide bonds. The van der Waals surface area contributed by atoms with Gasteiger partial charge in [-0.05, 0) is 48.5 Å². The van der Waals surface area contributed by atoms with E-state index >= 15 is 0 Å². The number of carbonyl (C=O) groups is 1. The summed E-state index contributed by atoms with van der Waals surface area (Å²) in [6.07, 6.45) is 1.12. The Morgan fingerprint density at radius 3 is 2.36 bits per heavy atom. The van der Waals surface area contributed by atoms with Gasteiger partial charge in [-0.25, -0.2) is 13.4 Å². The van der Waals surface area contributed by atoms with Gasteiger partial charge in [0.1, 0.15) is 0 Å². The maximum Gasteiger partial charge on any atom is 0.256 e. The molecule has 0 saturated carbocycles. The van der Waals surface area contributed by atoms with Crippen LogP contribution in [0.4, 0.5) is 5.69 Å². The summed E-state index contributed by atoms with van der Waals surface area (Å²) < 4.78 is 34.5. The lowest BCUT2D eigenvalue weighted by molar-refractivity contribution is 0.102. The molecule has 0 radical (unpaired) electrons. The molecule has 7 nitrogen and oxygen atoms in total. The first-order valence-corrected chi connectivity index (χ1v) is 11.9. The first-order valence-electron chi connectivity index (χ1n) is 10.0. The zero-order valence-electron chi connectivity index (χ0n) is 18.3. The minimum Gasteiger partial charge on any atom is -0.493 e. The number of anilines is 1. The smallest absolute Gasteiger partial charge is 0.256 e. The van der Waals surface area contributed by atoms with E-state index < -0.39 is 9.84 Å². The predicted molar refractivity (Wildman–Crippen MR) is 128 cm³/mol. The van der Waals surface area contributed by atoms with E-state index in [1.807, 2.05) is 30.3 Å². The van der Waals surface area contributed by atoms with E-state index in [-0.39, 0.29) is 10.8 Å². The standard InChI is InChI=1S/C25H22N2O5S/c1-31-23-12-11-16(13-24(23)32-2)22-15-20(19-9-4-5-10-21(19)27-22)25(28)26-17-7-6-8-18(14-17)33(3,29)30/h4-15H,1-3H3,(H,26,28). The van der Waals surface area contributed by atoms with Gasteiger partial charge in [0.15, 0.2) is 21.3 Å². The summed E-state index contributed by atoms with van der Waals surface area (Å²) in [5.41, 5.74) is 2.79. The molecule has 1 aromatic heterocycles. The van der Waals surface area contributed by atoms with Crippen LogP contribution >= 0.6 is 0 Å². The Hall–Kier alpha value is -3.91. The van der Waals surface area contributed by atoms with Crippen molar-refractivity contribution in [2.24, 2.45) is 0 Å². The number of aromatic nitrogens is 1. The minimum absolute atomic E-state index is 0.130. The van der Waals surface area contributed by atoms with Crippen molar-refractivity contribution in [1.82, 2.24) is 4.98 Å². The molecule has 4 aromatic rings. The summed E-state index contributed by atoms with van der Waals surface area (Å²) in [7, 11) is -0.282. The summed E-state index contributed by atoms with van der Waals surface area (Å²) in [6, 6.07) is 20.6. The lowest BCUT2D eigenvalue weighted by Crippen LogP contribution is -2.13. The number of rotatable bonds is 6. The molecule has 3 aromatic carbocycles. The number of para-hydroxylation sites is 1. The van der Waals surface area contributed by atoms with Crippen molar-refractivity contribution in [3.8, 4) is 22.8 Å². The summed E-state index contributed by atoms with van der Waals surface area (Å²) in [5, 5.41) is 3.49. The number of nitrogens with one attached hydrogen (secondary N) is 1. The highest BCUT2D eigenvalue weighted by atomic mass is 32.2. The van der Waals surface area contributed by atoms with Crippen LogP contribution in [0, 0.1) is 0 Å². The molecule has 0 atom stereocenters. The molecule has 0 bridgehead atoms. The van der Waals surface area contributed by atoms with Gasteiger partial charge in [0.2, 0.25) is 0 Å². The Labute approximate surface area is 191 Å². The third-order valence-corrected chi connectivity index (χ3v) is 6.27. The van der Waals surface area contributed by atoms with E-state index in [1.54, 1.807) is 44.6 Å². The number of hydrogen-bond donors (Lipinski definition) is 1. The normalized spacial score (nSPS) is 11.2. The van der Waals surface area contributed by atoms with E-state index in [2.05, 4.69) is 5.32 Å². The van der Waals surface area contributed by atoms with Crippen molar-refractivity contribution in [1.29, 1.82) is 0 Å². The molecular weight excluding hydrogens is 440 g/mol. The number of nitrogens with zero attached hydrogens (tertiary/aromatic N) is 1. The monoisotopic (exact) mass is 462 g/mol. The van der Waals surface area contributed by atoms with Crippen LogP contribution in [0.15, 0.2) is 77.7 Å². The number of pyridine rings is 1. The topological polar surface area (TPSA) is 94.6 Å². The van der Waals surface area contributed by atoms with E-state index in [0.29, 0.717) is 39.3 Å². The van der Waals surface area contributed by atoms with Crippen LogP contribution in [0.5, 0.6) is 11.5 Å². The Morgan fingerprint density at radius 2 is 1.64 bits per heavy atom. The van der Waals surface area contributed by atoms with Crippen molar-refractivity contribution >= 4 is 32.3 Å². The van der Waals surface area contributed by atoms with E-state index in [9.17, 15) is 13.2 Å². The van der Waals surface area contributed by atoms with Crippen LogP contribution in [0.1, 0.15) is 10.4 Å². The fourth-order valence-corrected chi connectivity index (χ4v) is 4.18. The second-order valence-electron chi connectivity index (χ2n) is 7.40. The Morgan fingerprint density at radius 1 is 0.879 bits per heavy atom. The highest BCUT2D eigenvalue weighted by Gasteiger charge is 2.16. The number of ether oxygens (including phenoxy) is 2. The number of hydrogen-bond acceptors (Lipinski definition) is 6. The number of amides is 1. The van der Waals surface area contributed by atoms with Gasteiger partial charge in [-0.3, -0.25) is 4.79 Å². The molecule has 0 aliphatic carbocycles. The maximum atomic E-state index is 13.3. The van der Waals surface area contributed by atoms with Crippen LogP contribution in [0.3, 0.4) is 0 Å². The molecular formula is C25H22N2O5S. The van der Waals surface area contributed by atoms with Gasteiger partial charge in [0.05, 0.1) is 35.9 Å². The molecule has 8 heteroatoms. The fourth-order valence-electron chi connectivity index (χ4n) is 3.51. The molecule has 33 heavy (non-hydrogen) atoms. The molecule has 168 valence electrons. The van der Waals surface area contributed by atoms with Gasteiger partial charge < -0.3 is 14.8 Å². The highest BCUT2D eigenvalue weighted by Crippen LogP contribution is 2.33. The summed E-state index contributed by atoms with van der Waals surface area (Å²) in [6.45, 7) is 0. The van der Waals surface area contributed by atoms with E-state index in [1.165, 1.54) is 12.1 Å². The van der Waals surface area contributed by atoms with Gasteiger partial charge in [0, 0.05) is 22.9 Å². The molecule has 0 fully saturated rings. The van der Waals surface area contributed by atoms with Gasteiger partial charge in [0.25, 0.3) is 5.91 Å². The molecule has 0 unspecified atom stereocenters. The van der Waals surface area contributed by atoms with Crippen molar-refractivity contribution in [3.05, 3.63) is 78.4 Å². The number of carbonyl (C=O) groups excluding carboxylic acids is 1. The predicted octanol–water partition coefficient (Wildman–Crippen LogP) is 4.57. The first-order chi connectivity index (χ1) is 15.8. The summed E-state index contributed by atoms with van der Waals surface area (Å²) in [5.74, 6) is 0.764. The SMILES string of the molecule is COc1ccc(-c2cc(C(=O)Nc3cccc(S(C)(=O)=O)c3)c3ccccc3n2)cc1OC. The lowest BCUT2D eigenvalue weighted by Gasteiger charge is -2.13. The second-order valence-corrected chi connectivity index (χ2v) is 9.41. The van der Waals surface area contributed by atoms with E-state index in [4.69, 9.17) is 14.5 Å². The van der Waals surface area contributed by atoms with Gasteiger partial charge in [-0.15, -0.1) is 0 Å². The average Bonchev–Trinajstić information content (AvgIpc) is 2.82. The van der Waals surface area contributed by atoms with E-state index in [0.717, 1.165) is 11.8 Å². The molecule has 0 spiro atoms. The lowest BCUT2D eigenvalue weighted by atomic mass is 10.0. The molecule has 0 aliphatic heterocycles. The van der Waals surface area contributed by atoms with Crippen LogP contribution in [-0.4, -0.2) is 39.8 Å². The molecule has 0 saturated heterocycles. The van der Waals surface area contributed by atoms with Crippen molar-refractivity contribution in [3.63, 3.8) is 0 Å². The Kier molecular flexibility index (Phi) is 6.02. The molecule has 0 aliphatic rings. The third kappa shape index (κ3) is 4.65. The van der Waals surface area contributed by atoms with Crippen LogP contribution in [0.2, 0.25) is 0 Å². The molecule has 4 rings (SSSR count). The van der Waals surface area contributed by atoms with Crippen molar-refractivity contribution in [2.75, 3.05) is 25.8 Å². The Balaban J connectivity index is 1.79. The molecule has 1 heterocycles. The van der Waals surface area contributed by atoms with Gasteiger partial charge >= 0.3 is 0 Å². The number of sulfone groups is 1. The first kappa shape index (κ1) is 22.3. The largest absolute Gasteiger partial charge is 0.493 e. The van der Waals surface area contributed by atoms with Crippen molar-refractivity contribution < 1.29 is 22.7 Å². The zero-order valence-corrected chi connectivity index (χ0v) is 19.1. The zero-order chi connectivity index (χ0) is 23.6. The van der Waals surface area contributed by atoms with Crippen LogP contribution in [-0.2, 0) is 9.84 Å². The van der Waals surface area contributed by atoms with Crippen LogP contribution in [0.25, 0.3) is 22.2 Å². The number of fused-ring (bicyclic) bond motifs is 1. The van der Waals surface area contributed by atoms with Gasteiger partial charge in [-0.1, -0.05) is 24.3 Å². The summed E-state index contributed by atoms with van der Waals surface area (Å²) in [4.78, 5) is 18.1. The number of benzene rings is 3. The van der Waals surface area contributed by atoms with Gasteiger partial charge in [-0.2, -0.15) is 0 Å². The number of methoxy groups -OCH3 is 2.